The number of carbonyl (C=O) groups excluding carboxylic acids is 1. The molecule has 1 amide bonds. The van der Waals surface area contributed by atoms with E-state index in [4.69, 9.17) is 8.83 Å². The molecule has 0 spiro atoms. The summed E-state index contributed by atoms with van der Waals surface area (Å²) in [5.74, 6) is 1.64. The number of anilines is 1. The highest BCUT2D eigenvalue weighted by atomic mass is 32.2. The standard InChI is InChI=1S/C20H18N4O4S/c1-3-24-19(16-5-4-8-27-16)22-23-20(24)29-11-13-9-18(26)28-17-10-14(21-12(2)25)6-7-15(13)17/h4-10H,3,11H2,1-2H3,(H,21,25). The second-order valence-electron chi connectivity index (χ2n) is 6.30. The van der Waals surface area contributed by atoms with Gasteiger partial charge in [0.25, 0.3) is 0 Å². The van der Waals surface area contributed by atoms with E-state index in [1.807, 2.05) is 23.6 Å². The van der Waals surface area contributed by atoms with Crippen LogP contribution >= 0.6 is 11.8 Å². The molecule has 1 aromatic carbocycles. The van der Waals surface area contributed by atoms with Crippen LogP contribution in [0.3, 0.4) is 0 Å². The first-order valence-corrected chi connectivity index (χ1v) is 9.98. The number of aromatic nitrogens is 3. The molecule has 0 fully saturated rings. The van der Waals surface area contributed by atoms with Crippen LogP contribution in [0.25, 0.3) is 22.6 Å². The third-order valence-corrected chi connectivity index (χ3v) is 5.30. The van der Waals surface area contributed by atoms with Crippen molar-refractivity contribution in [3.8, 4) is 11.6 Å². The summed E-state index contributed by atoms with van der Waals surface area (Å²) in [6.45, 7) is 4.12. The maximum Gasteiger partial charge on any atom is 0.336 e. The van der Waals surface area contributed by atoms with E-state index in [1.54, 1.807) is 24.5 Å². The van der Waals surface area contributed by atoms with Crippen LogP contribution in [0.4, 0.5) is 5.69 Å². The highest BCUT2D eigenvalue weighted by molar-refractivity contribution is 7.98. The van der Waals surface area contributed by atoms with Crippen molar-refractivity contribution >= 4 is 34.3 Å². The van der Waals surface area contributed by atoms with Crippen LogP contribution in [0.2, 0.25) is 0 Å². The topological polar surface area (TPSA) is 103 Å². The Hall–Kier alpha value is -3.33. The zero-order chi connectivity index (χ0) is 20.4. The number of nitrogens with one attached hydrogen (secondary N) is 1. The normalized spacial score (nSPS) is 11.1. The van der Waals surface area contributed by atoms with Gasteiger partial charge in [-0.1, -0.05) is 11.8 Å². The molecule has 0 bridgehead atoms. The maximum absolute atomic E-state index is 12.0. The first-order valence-electron chi connectivity index (χ1n) is 8.99. The Morgan fingerprint density at radius 3 is 2.83 bits per heavy atom. The largest absolute Gasteiger partial charge is 0.461 e. The van der Waals surface area contributed by atoms with E-state index in [9.17, 15) is 9.59 Å². The minimum absolute atomic E-state index is 0.190. The average Bonchev–Trinajstić information content (AvgIpc) is 3.34. The number of carbonyl (C=O) groups is 1. The van der Waals surface area contributed by atoms with Gasteiger partial charge in [-0.3, -0.25) is 9.36 Å². The van der Waals surface area contributed by atoms with Gasteiger partial charge in [-0.2, -0.15) is 0 Å². The van der Waals surface area contributed by atoms with Gasteiger partial charge in [-0.05, 0) is 36.8 Å². The lowest BCUT2D eigenvalue weighted by atomic mass is 10.1. The van der Waals surface area contributed by atoms with Gasteiger partial charge in [-0.15, -0.1) is 10.2 Å². The molecule has 0 aliphatic heterocycles. The van der Waals surface area contributed by atoms with Crippen molar-refractivity contribution in [2.45, 2.75) is 31.3 Å². The molecule has 8 nitrogen and oxygen atoms in total. The van der Waals surface area contributed by atoms with Gasteiger partial charge < -0.3 is 14.2 Å². The third-order valence-electron chi connectivity index (χ3n) is 4.28. The molecular weight excluding hydrogens is 392 g/mol. The summed E-state index contributed by atoms with van der Waals surface area (Å²) in [5, 5.41) is 12.7. The smallest absolute Gasteiger partial charge is 0.336 e. The zero-order valence-electron chi connectivity index (χ0n) is 15.8. The molecule has 0 saturated carbocycles. The van der Waals surface area contributed by atoms with E-state index in [0.717, 1.165) is 16.1 Å². The molecule has 3 heterocycles. The molecule has 0 aliphatic carbocycles. The van der Waals surface area contributed by atoms with Crippen LogP contribution in [0.15, 0.2) is 61.4 Å². The number of hydrogen-bond acceptors (Lipinski definition) is 7. The molecule has 0 radical (unpaired) electrons. The molecule has 1 N–H and O–H groups in total. The molecule has 0 aliphatic rings. The van der Waals surface area contributed by atoms with Crippen LogP contribution in [-0.4, -0.2) is 20.7 Å². The van der Waals surface area contributed by atoms with Crippen molar-refractivity contribution in [1.82, 2.24) is 14.8 Å². The number of amides is 1. The Morgan fingerprint density at radius 2 is 2.10 bits per heavy atom. The Bertz CT molecular complexity index is 1230. The lowest BCUT2D eigenvalue weighted by Gasteiger charge is -2.08. The minimum atomic E-state index is -0.443. The predicted octanol–water partition coefficient (Wildman–Crippen LogP) is 3.92. The molecule has 0 unspecified atom stereocenters. The SMILES string of the molecule is CCn1c(SCc2cc(=O)oc3cc(NC(C)=O)ccc23)nnc1-c1ccco1. The summed E-state index contributed by atoms with van der Waals surface area (Å²) < 4.78 is 12.7. The maximum atomic E-state index is 12.0. The fraction of sp³-hybridized carbons (Fsp3) is 0.200. The van der Waals surface area contributed by atoms with E-state index in [1.165, 1.54) is 24.8 Å². The second kappa shape index (κ2) is 7.96. The Labute approximate surface area is 169 Å². The van der Waals surface area contributed by atoms with Gasteiger partial charge >= 0.3 is 5.63 Å². The van der Waals surface area contributed by atoms with Crippen molar-refractivity contribution in [2.75, 3.05) is 5.32 Å². The van der Waals surface area contributed by atoms with E-state index < -0.39 is 5.63 Å². The summed E-state index contributed by atoms with van der Waals surface area (Å²) in [7, 11) is 0. The van der Waals surface area contributed by atoms with Gasteiger partial charge in [0.1, 0.15) is 5.58 Å². The van der Waals surface area contributed by atoms with Crippen molar-refractivity contribution in [1.29, 1.82) is 0 Å². The first kappa shape index (κ1) is 19.0. The van der Waals surface area contributed by atoms with Crippen LogP contribution in [-0.2, 0) is 17.1 Å². The number of hydrogen-bond donors (Lipinski definition) is 1. The van der Waals surface area contributed by atoms with Gasteiger partial charge in [0.05, 0.1) is 6.26 Å². The highest BCUT2D eigenvalue weighted by Crippen LogP contribution is 2.29. The van der Waals surface area contributed by atoms with Gasteiger partial charge in [0, 0.05) is 42.4 Å². The summed E-state index contributed by atoms with van der Waals surface area (Å²) in [5.41, 5.74) is 1.38. The number of benzene rings is 1. The molecule has 4 aromatic rings. The first-order chi connectivity index (χ1) is 14.0. The molecule has 9 heteroatoms. The van der Waals surface area contributed by atoms with Crippen molar-refractivity contribution in [3.05, 3.63) is 58.6 Å². The molecule has 0 atom stereocenters. The van der Waals surface area contributed by atoms with Crippen LogP contribution in [0, 0.1) is 0 Å². The number of furan rings is 1. The van der Waals surface area contributed by atoms with Crippen LogP contribution < -0.4 is 10.9 Å². The van der Waals surface area contributed by atoms with Crippen LogP contribution in [0.5, 0.6) is 0 Å². The Balaban J connectivity index is 1.63. The molecule has 3 aromatic heterocycles. The second-order valence-corrected chi connectivity index (χ2v) is 7.24. The number of thioether (sulfide) groups is 1. The monoisotopic (exact) mass is 410 g/mol. The van der Waals surface area contributed by atoms with E-state index in [2.05, 4.69) is 15.5 Å². The highest BCUT2D eigenvalue weighted by Gasteiger charge is 2.16. The van der Waals surface area contributed by atoms with E-state index in [0.29, 0.717) is 35.2 Å². The predicted molar refractivity (Wildman–Crippen MR) is 110 cm³/mol. The third kappa shape index (κ3) is 3.95. The summed E-state index contributed by atoms with van der Waals surface area (Å²) in [6.07, 6.45) is 1.60. The average molecular weight is 410 g/mol. The summed E-state index contributed by atoms with van der Waals surface area (Å²) in [6, 6.07) is 10.4. The molecule has 29 heavy (non-hydrogen) atoms. The van der Waals surface area contributed by atoms with Gasteiger partial charge in [0.2, 0.25) is 5.91 Å². The van der Waals surface area contributed by atoms with Gasteiger partial charge in [0.15, 0.2) is 16.7 Å². The Morgan fingerprint density at radius 1 is 1.24 bits per heavy atom. The fourth-order valence-corrected chi connectivity index (χ4v) is 4.03. The van der Waals surface area contributed by atoms with E-state index >= 15 is 0 Å². The molecular formula is C20H18N4O4S. The lowest BCUT2D eigenvalue weighted by molar-refractivity contribution is -0.114. The summed E-state index contributed by atoms with van der Waals surface area (Å²) >= 11 is 1.48. The molecule has 148 valence electrons. The Kier molecular flexibility index (Phi) is 5.22. The zero-order valence-corrected chi connectivity index (χ0v) is 16.7. The fourth-order valence-electron chi connectivity index (χ4n) is 3.04. The van der Waals surface area contributed by atoms with Gasteiger partial charge in [-0.25, -0.2) is 4.79 Å². The molecule has 0 saturated heterocycles. The minimum Gasteiger partial charge on any atom is -0.461 e. The number of fused-ring (bicyclic) bond motifs is 1. The van der Waals surface area contributed by atoms with Crippen molar-refractivity contribution in [2.24, 2.45) is 0 Å². The van der Waals surface area contributed by atoms with Crippen molar-refractivity contribution < 1.29 is 13.6 Å². The summed E-state index contributed by atoms with van der Waals surface area (Å²) in [4.78, 5) is 23.3. The lowest BCUT2D eigenvalue weighted by Crippen LogP contribution is -2.06. The van der Waals surface area contributed by atoms with E-state index in [-0.39, 0.29) is 5.91 Å². The molecule has 4 rings (SSSR count). The van der Waals surface area contributed by atoms with Crippen molar-refractivity contribution in [3.63, 3.8) is 0 Å². The number of nitrogens with zero attached hydrogens (tertiary/aromatic N) is 3. The van der Waals surface area contributed by atoms with Crippen LogP contribution in [0.1, 0.15) is 19.4 Å². The number of rotatable bonds is 6. The quantitative estimate of drug-likeness (QED) is 0.380.